The number of benzene rings is 1. The standard InChI is InChI=1S/C11H16N2/c1-11(2)9-6-8(12)4-3-7(9)5-10(11)13/h3-4,6,10H,5,12-13H2,1-2H3. The molecule has 1 aliphatic carbocycles. The van der Waals surface area contributed by atoms with Crippen LogP contribution in [-0.2, 0) is 11.8 Å². The highest BCUT2D eigenvalue weighted by Crippen LogP contribution is 2.38. The number of nitrogen functional groups attached to an aromatic ring is 1. The SMILES string of the molecule is CC1(C)c2cc(N)ccc2CC1N. The van der Waals surface area contributed by atoms with Crippen LogP contribution >= 0.6 is 0 Å². The van der Waals surface area contributed by atoms with E-state index in [1.165, 1.54) is 11.1 Å². The maximum absolute atomic E-state index is 6.07. The van der Waals surface area contributed by atoms with E-state index in [2.05, 4.69) is 26.0 Å². The fourth-order valence-electron chi connectivity index (χ4n) is 2.06. The van der Waals surface area contributed by atoms with Gasteiger partial charge in [0.05, 0.1) is 0 Å². The number of fused-ring (bicyclic) bond motifs is 1. The van der Waals surface area contributed by atoms with E-state index in [0.717, 1.165) is 12.1 Å². The van der Waals surface area contributed by atoms with E-state index in [0.29, 0.717) is 0 Å². The lowest BCUT2D eigenvalue weighted by Crippen LogP contribution is -2.36. The Balaban J connectivity index is 2.57. The Hall–Kier alpha value is -1.02. The summed E-state index contributed by atoms with van der Waals surface area (Å²) in [5, 5.41) is 0. The van der Waals surface area contributed by atoms with Gasteiger partial charge in [-0.1, -0.05) is 19.9 Å². The van der Waals surface area contributed by atoms with Crippen LogP contribution in [0.5, 0.6) is 0 Å². The molecular weight excluding hydrogens is 160 g/mol. The third-order valence-corrected chi connectivity index (χ3v) is 3.19. The molecule has 0 saturated carbocycles. The van der Waals surface area contributed by atoms with Crippen LogP contribution < -0.4 is 11.5 Å². The van der Waals surface area contributed by atoms with E-state index in [9.17, 15) is 0 Å². The summed E-state index contributed by atoms with van der Waals surface area (Å²) in [4.78, 5) is 0. The summed E-state index contributed by atoms with van der Waals surface area (Å²) in [6.07, 6.45) is 0.975. The molecule has 1 aromatic carbocycles. The zero-order chi connectivity index (χ0) is 9.64. The van der Waals surface area contributed by atoms with Gasteiger partial charge in [0, 0.05) is 17.1 Å². The van der Waals surface area contributed by atoms with Gasteiger partial charge in [-0.25, -0.2) is 0 Å². The number of nitrogens with two attached hydrogens (primary N) is 2. The van der Waals surface area contributed by atoms with Gasteiger partial charge in [-0.2, -0.15) is 0 Å². The minimum Gasteiger partial charge on any atom is -0.399 e. The lowest BCUT2D eigenvalue weighted by molar-refractivity contribution is 0.445. The summed E-state index contributed by atoms with van der Waals surface area (Å²) in [6.45, 7) is 4.37. The Morgan fingerprint density at radius 1 is 1.38 bits per heavy atom. The molecule has 70 valence electrons. The fraction of sp³-hybridized carbons (Fsp3) is 0.455. The molecule has 2 nitrogen and oxygen atoms in total. The number of rotatable bonds is 0. The molecular formula is C11H16N2. The van der Waals surface area contributed by atoms with Crippen molar-refractivity contribution in [3.05, 3.63) is 29.3 Å². The van der Waals surface area contributed by atoms with Gasteiger partial charge >= 0.3 is 0 Å². The van der Waals surface area contributed by atoms with Crippen molar-refractivity contribution < 1.29 is 0 Å². The number of anilines is 1. The average Bonchev–Trinajstić information content (AvgIpc) is 2.27. The van der Waals surface area contributed by atoms with Crippen LogP contribution in [0.3, 0.4) is 0 Å². The van der Waals surface area contributed by atoms with E-state index in [-0.39, 0.29) is 11.5 Å². The van der Waals surface area contributed by atoms with Crippen LogP contribution in [0.2, 0.25) is 0 Å². The van der Waals surface area contributed by atoms with Gasteiger partial charge in [0.25, 0.3) is 0 Å². The third-order valence-electron chi connectivity index (χ3n) is 3.19. The minimum atomic E-state index is 0.0741. The lowest BCUT2D eigenvalue weighted by Gasteiger charge is -2.24. The predicted molar refractivity (Wildman–Crippen MR) is 55.6 cm³/mol. The summed E-state index contributed by atoms with van der Waals surface area (Å²) in [7, 11) is 0. The second-order valence-corrected chi connectivity index (χ2v) is 4.45. The highest BCUT2D eigenvalue weighted by Gasteiger charge is 2.36. The molecule has 0 radical (unpaired) electrons. The van der Waals surface area contributed by atoms with Crippen LogP contribution in [-0.4, -0.2) is 6.04 Å². The summed E-state index contributed by atoms with van der Waals surface area (Å²) in [5.41, 5.74) is 15.4. The second-order valence-electron chi connectivity index (χ2n) is 4.45. The Labute approximate surface area is 78.9 Å². The van der Waals surface area contributed by atoms with Gasteiger partial charge in [-0.05, 0) is 29.7 Å². The molecule has 0 aromatic heterocycles. The maximum Gasteiger partial charge on any atom is 0.0317 e. The summed E-state index contributed by atoms with van der Waals surface area (Å²) < 4.78 is 0. The predicted octanol–water partition coefficient (Wildman–Crippen LogP) is 1.43. The highest BCUT2D eigenvalue weighted by molar-refractivity contribution is 5.51. The summed E-state index contributed by atoms with van der Waals surface area (Å²) in [5.74, 6) is 0. The first-order chi connectivity index (χ1) is 6.01. The van der Waals surface area contributed by atoms with Crippen molar-refractivity contribution in [1.82, 2.24) is 0 Å². The number of hydrogen-bond acceptors (Lipinski definition) is 2. The molecule has 0 spiro atoms. The van der Waals surface area contributed by atoms with Crippen molar-refractivity contribution in [3.8, 4) is 0 Å². The van der Waals surface area contributed by atoms with Crippen molar-refractivity contribution in [1.29, 1.82) is 0 Å². The Morgan fingerprint density at radius 2 is 2.08 bits per heavy atom. The monoisotopic (exact) mass is 176 g/mol. The summed E-state index contributed by atoms with van der Waals surface area (Å²) >= 11 is 0. The minimum absolute atomic E-state index is 0.0741. The van der Waals surface area contributed by atoms with Crippen LogP contribution in [0.15, 0.2) is 18.2 Å². The van der Waals surface area contributed by atoms with Gasteiger partial charge in [0.2, 0.25) is 0 Å². The lowest BCUT2D eigenvalue weighted by atomic mass is 9.83. The Bertz CT molecular complexity index is 342. The maximum atomic E-state index is 6.07. The summed E-state index contributed by atoms with van der Waals surface area (Å²) in [6, 6.07) is 6.33. The quantitative estimate of drug-likeness (QED) is 0.587. The molecule has 0 saturated heterocycles. The van der Waals surface area contributed by atoms with E-state index >= 15 is 0 Å². The Morgan fingerprint density at radius 3 is 2.77 bits per heavy atom. The topological polar surface area (TPSA) is 52.0 Å². The van der Waals surface area contributed by atoms with E-state index < -0.39 is 0 Å². The molecule has 0 fully saturated rings. The van der Waals surface area contributed by atoms with Crippen molar-refractivity contribution in [2.75, 3.05) is 5.73 Å². The molecule has 1 atom stereocenters. The second kappa shape index (κ2) is 2.48. The highest BCUT2D eigenvalue weighted by atomic mass is 14.7. The van der Waals surface area contributed by atoms with Crippen molar-refractivity contribution >= 4 is 5.69 Å². The first-order valence-electron chi connectivity index (χ1n) is 4.66. The molecule has 0 aliphatic heterocycles. The average molecular weight is 176 g/mol. The molecule has 1 aromatic rings. The first kappa shape index (κ1) is 8.57. The van der Waals surface area contributed by atoms with Crippen molar-refractivity contribution in [2.45, 2.75) is 31.7 Å². The fourth-order valence-corrected chi connectivity index (χ4v) is 2.06. The molecule has 0 amide bonds. The van der Waals surface area contributed by atoms with E-state index in [1.807, 2.05) is 6.07 Å². The van der Waals surface area contributed by atoms with Crippen LogP contribution in [0.4, 0.5) is 5.69 Å². The molecule has 13 heavy (non-hydrogen) atoms. The number of hydrogen-bond donors (Lipinski definition) is 2. The van der Waals surface area contributed by atoms with Gasteiger partial charge < -0.3 is 11.5 Å². The first-order valence-corrected chi connectivity index (χ1v) is 4.66. The molecule has 1 aliphatic rings. The van der Waals surface area contributed by atoms with Gasteiger partial charge in [-0.15, -0.1) is 0 Å². The van der Waals surface area contributed by atoms with E-state index in [1.54, 1.807) is 0 Å². The van der Waals surface area contributed by atoms with Gasteiger partial charge in [-0.3, -0.25) is 0 Å². The molecule has 0 bridgehead atoms. The zero-order valence-corrected chi connectivity index (χ0v) is 8.17. The van der Waals surface area contributed by atoms with Crippen LogP contribution in [0, 0.1) is 0 Å². The molecule has 2 rings (SSSR count). The molecule has 0 heterocycles. The molecule has 2 heteroatoms. The van der Waals surface area contributed by atoms with Crippen molar-refractivity contribution in [2.24, 2.45) is 5.73 Å². The largest absolute Gasteiger partial charge is 0.399 e. The van der Waals surface area contributed by atoms with Crippen LogP contribution in [0.25, 0.3) is 0 Å². The van der Waals surface area contributed by atoms with Gasteiger partial charge in [0.15, 0.2) is 0 Å². The van der Waals surface area contributed by atoms with Crippen molar-refractivity contribution in [3.63, 3.8) is 0 Å². The van der Waals surface area contributed by atoms with E-state index in [4.69, 9.17) is 11.5 Å². The normalized spacial score (nSPS) is 24.4. The molecule has 1 unspecified atom stereocenters. The zero-order valence-electron chi connectivity index (χ0n) is 8.17. The van der Waals surface area contributed by atoms with Crippen LogP contribution in [0.1, 0.15) is 25.0 Å². The smallest absolute Gasteiger partial charge is 0.0317 e. The van der Waals surface area contributed by atoms with Gasteiger partial charge in [0.1, 0.15) is 0 Å². The molecule has 4 N–H and O–H groups in total. The third kappa shape index (κ3) is 1.13. The Kier molecular flexibility index (Phi) is 1.64.